The quantitative estimate of drug-likeness (QED) is 0.155. The molecular formula is C25H24FN6O3PS. The van der Waals surface area contributed by atoms with Gasteiger partial charge in [-0.05, 0) is 44.0 Å². The van der Waals surface area contributed by atoms with E-state index in [2.05, 4.69) is 26.0 Å². The Kier molecular flexibility index (Phi) is 8.88. The first-order chi connectivity index (χ1) is 17.9. The second kappa shape index (κ2) is 12.3. The maximum absolute atomic E-state index is 13.5. The second-order valence-corrected chi connectivity index (χ2v) is 11.1. The van der Waals surface area contributed by atoms with Crippen LogP contribution in [0.25, 0.3) is 16.6 Å². The van der Waals surface area contributed by atoms with E-state index in [1.165, 1.54) is 36.5 Å². The van der Waals surface area contributed by atoms with Crippen LogP contribution >= 0.6 is 20.1 Å². The number of nitrogens with one attached hydrogen (secondary N) is 1. The molecule has 0 bridgehead atoms. The van der Waals surface area contributed by atoms with Crippen LogP contribution in [-0.4, -0.2) is 35.6 Å². The Morgan fingerprint density at radius 2 is 1.89 bits per heavy atom. The van der Waals surface area contributed by atoms with E-state index in [-0.39, 0.29) is 11.2 Å². The van der Waals surface area contributed by atoms with Crippen molar-refractivity contribution in [2.75, 3.05) is 0 Å². The van der Waals surface area contributed by atoms with Crippen LogP contribution in [0.15, 0.2) is 52.6 Å². The van der Waals surface area contributed by atoms with Gasteiger partial charge in [0, 0.05) is 38.5 Å². The molecule has 1 unspecified atom stereocenters. The lowest BCUT2D eigenvalue weighted by molar-refractivity contribution is -0.137. The van der Waals surface area contributed by atoms with Gasteiger partial charge in [0.15, 0.2) is 0 Å². The fraction of sp³-hybridized carbons (Fsp3) is 0.280. The highest BCUT2D eigenvalue weighted by atomic mass is 32.2. The minimum atomic E-state index is -1.54. The van der Waals surface area contributed by atoms with Crippen LogP contribution in [0.4, 0.5) is 4.39 Å². The summed E-state index contributed by atoms with van der Waals surface area (Å²) >= 11 is 1.30. The third-order valence-corrected chi connectivity index (χ3v) is 8.51. The highest BCUT2D eigenvalue weighted by Gasteiger charge is 2.23. The molecule has 12 heteroatoms. The van der Waals surface area contributed by atoms with E-state index in [1.807, 2.05) is 25.3 Å². The van der Waals surface area contributed by atoms with Gasteiger partial charge in [-0.15, -0.1) is 0 Å². The SMILES string of the molecule is Cc1[nH]ncc1-c1cc(Sc2ccc(F)cc2C#N)c2c(C#N)cnn2c1.OOP(O)C1CCCCC1. The van der Waals surface area contributed by atoms with Gasteiger partial charge in [-0.1, -0.05) is 31.0 Å². The normalized spacial score (nSPS) is 14.4. The number of hydrogen-bond donors (Lipinski definition) is 3. The zero-order valence-corrected chi connectivity index (χ0v) is 21.6. The molecule has 1 atom stereocenters. The Balaban J connectivity index is 0.000000270. The lowest BCUT2D eigenvalue weighted by Gasteiger charge is -2.22. The van der Waals surface area contributed by atoms with E-state index in [0.717, 1.165) is 47.4 Å². The van der Waals surface area contributed by atoms with Crippen molar-refractivity contribution < 1.29 is 19.2 Å². The molecule has 1 fully saturated rings. The summed E-state index contributed by atoms with van der Waals surface area (Å²) in [5.41, 5.74) is 4.19. The van der Waals surface area contributed by atoms with Crippen molar-refractivity contribution in [1.29, 1.82) is 10.5 Å². The van der Waals surface area contributed by atoms with Gasteiger partial charge in [-0.25, -0.2) is 14.2 Å². The first-order valence-electron chi connectivity index (χ1n) is 11.5. The zero-order chi connectivity index (χ0) is 26.4. The summed E-state index contributed by atoms with van der Waals surface area (Å²) in [6, 6.07) is 10.1. The lowest BCUT2D eigenvalue weighted by atomic mass is 10.0. The number of aryl methyl sites for hydroxylation is 1. The van der Waals surface area contributed by atoms with Crippen molar-refractivity contribution in [3.8, 4) is 23.3 Å². The highest BCUT2D eigenvalue weighted by molar-refractivity contribution is 7.99. The molecule has 1 aromatic carbocycles. The van der Waals surface area contributed by atoms with Gasteiger partial charge < -0.3 is 4.89 Å². The van der Waals surface area contributed by atoms with E-state index in [9.17, 15) is 14.9 Å². The van der Waals surface area contributed by atoms with Gasteiger partial charge in [0.25, 0.3) is 0 Å². The number of fused-ring (bicyclic) bond motifs is 1. The Morgan fingerprint density at radius 3 is 2.54 bits per heavy atom. The number of pyridine rings is 1. The van der Waals surface area contributed by atoms with E-state index < -0.39 is 14.2 Å². The predicted octanol–water partition coefficient (Wildman–Crippen LogP) is 6.18. The molecule has 1 aliphatic carbocycles. The monoisotopic (exact) mass is 538 g/mol. The molecule has 3 N–H and O–H groups in total. The van der Waals surface area contributed by atoms with Crippen molar-refractivity contribution in [2.24, 2.45) is 0 Å². The molecule has 1 aliphatic rings. The summed E-state index contributed by atoms with van der Waals surface area (Å²) in [6.07, 6.45) is 10.6. The Bertz CT molecular complexity index is 1470. The number of H-pyrrole nitrogens is 1. The fourth-order valence-corrected chi connectivity index (χ4v) is 6.21. The molecule has 190 valence electrons. The molecule has 5 rings (SSSR count). The number of benzene rings is 1. The summed E-state index contributed by atoms with van der Waals surface area (Å²) in [6.45, 7) is 1.91. The third kappa shape index (κ3) is 6.16. The Hall–Kier alpha value is -3.31. The Morgan fingerprint density at radius 1 is 1.14 bits per heavy atom. The molecule has 0 aliphatic heterocycles. The fourth-order valence-electron chi connectivity index (χ4n) is 4.20. The zero-order valence-electron chi connectivity index (χ0n) is 19.9. The molecule has 0 amide bonds. The molecule has 3 heterocycles. The third-order valence-electron chi connectivity index (χ3n) is 6.09. The maximum atomic E-state index is 13.5. The largest absolute Gasteiger partial charge is 0.348 e. The van der Waals surface area contributed by atoms with Crippen molar-refractivity contribution >= 4 is 25.7 Å². The van der Waals surface area contributed by atoms with Crippen LogP contribution in [0.5, 0.6) is 0 Å². The predicted molar refractivity (Wildman–Crippen MR) is 137 cm³/mol. The molecule has 4 aromatic rings. The minimum absolute atomic E-state index is 0.216. The molecule has 3 aromatic heterocycles. The molecule has 0 saturated heterocycles. The van der Waals surface area contributed by atoms with Gasteiger partial charge in [-0.2, -0.15) is 25.4 Å². The minimum Gasteiger partial charge on any atom is -0.348 e. The van der Waals surface area contributed by atoms with Crippen LogP contribution in [-0.2, 0) is 4.67 Å². The number of nitrogens with zero attached hydrogens (tertiary/aromatic N) is 5. The number of rotatable bonds is 5. The molecule has 0 spiro atoms. The van der Waals surface area contributed by atoms with Gasteiger partial charge in [0.2, 0.25) is 8.38 Å². The van der Waals surface area contributed by atoms with E-state index in [0.29, 0.717) is 16.0 Å². The number of hydrogen-bond acceptors (Lipinski definition) is 8. The van der Waals surface area contributed by atoms with Gasteiger partial charge >= 0.3 is 0 Å². The van der Waals surface area contributed by atoms with Crippen molar-refractivity contribution in [3.05, 3.63) is 65.5 Å². The van der Waals surface area contributed by atoms with Crippen molar-refractivity contribution in [3.63, 3.8) is 0 Å². The second-order valence-electron chi connectivity index (χ2n) is 8.50. The summed E-state index contributed by atoms with van der Waals surface area (Å²) in [5, 5.41) is 38.1. The molecule has 1 saturated carbocycles. The molecule has 0 radical (unpaired) electrons. The summed E-state index contributed by atoms with van der Waals surface area (Å²) in [4.78, 5) is 10.4. The van der Waals surface area contributed by atoms with Crippen LogP contribution < -0.4 is 0 Å². The van der Waals surface area contributed by atoms with Crippen LogP contribution in [0.2, 0.25) is 0 Å². The van der Waals surface area contributed by atoms with E-state index in [1.54, 1.807) is 16.8 Å². The maximum Gasteiger partial charge on any atom is 0.209 e. The first-order valence-corrected chi connectivity index (χ1v) is 13.6. The smallest absolute Gasteiger partial charge is 0.209 e. The number of aromatic amines is 1. The van der Waals surface area contributed by atoms with Crippen LogP contribution in [0, 0.1) is 35.4 Å². The highest BCUT2D eigenvalue weighted by Crippen LogP contribution is 2.44. The standard InChI is InChI=1S/C19H11FN6S.C6H13O3P/c1-11-16(9-23-25-11)13-5-18(19-14(7-22)8-24-26(19)10-13)27-17-3-2-15(20)4-12(17)6-21;7-9-10(8)6-4-2-1-3-5-6/h2-5,8-10H,1H3,(H,23,25);6-8H,1-5H2. The average molecular weight is 539 g/mol. The van der Waals surface area contributed by atoms with E-state index in [4.69, 9.17) is 10.2 Å². The van der Waals surface area contributed by atoms with Crippen LogP contribution in [0.1, 0.15) is 48.9 Å². The van der Waals surface area contributed by atoms with Crippen molar-refractivity contribution in [1.82, 2.24) is 19.8 Å². The van der Waals surface area contributed by atoms with Crippen molar-refractivity contribution in [2.45, 2.75) is 54.5 Å². The summed E-state index contributed by atoms with van der Waals surface area (Å²) in [7, 11) is -1.54. The summed E-state index contributed by atoms with van der Waals surface area (Å²) < 4.78 is 19.0. The number of nitriles is 2. The topological polar surface area (TPSA) is 143 Å². The summed E-state index contributed by atoms with van der Waals surface area (Å²) in [5.74, 6) is -0.467. The number of halogens is 1. The lowest BCUT2D eigenvalue weighted by Crippen LogP contribution is -2.10. The van der Waals surface area contributed by atoms with Gasteiger partial charge in [0.1, 0.15) is 18.0 Å². The first kappa shape index (κ1) is 26.7. The number of aromatic nitrogens is 4. The van der Waals surface area contributed by atoms with Crippen LogP contribution in [0.3, 0.4) is 0 Å². The van der Waals surface area contributed by atoms with Gasteiger partial charge in [-0.3, -0.25) is 5.10 Å². The molecule has 9 nitrogen and oxygen atoms in total. The Labute approximate surface area is 218 Å². The molecule has 37 heavy (non-hydrogen) atoms. The van der Waals surface area contributed by atoms with Gasteiger partial charge in [0.05, 0.1) is 29.0 Å². The average Bonchev–Trinajstić information content (AvgIpc) is 3.55. The van der Waals surface area contributed by atoms with E-state index >= 15 is 0 Å². The molecular weight excluding hydrogens is 514 g/mol.